The van der Waals surface area contributed by atoms with Crippen molar-refractivity contribution in [2.45, 2.75) is 25.3 Å². The number of aryl methyl sites for hydroxylation is 1. The lowest BCUT2D eigenvalue weighted by Gasteiger charge is -2.16. The molecule has 1 amide bonds. The SMILES string of the molecule is COc1ccccc1CCC(=O)NC(CC(=O)O)c1cccs1. The Morgan fingerprint density at radius 2 is 2.04 bits per heavy atom. The minimum absolute atomic E-state index is 0.124. The van der Waals surface area contributed by atoms with E-state index in [4.69, 9.17) is 9.84 Å². The maximum atomic E-state index is 12.2. The summed E-state index contributed by atoms with van der Waals surface area (Å²) in [6, 6.07) is 10.7. The molecule has 1 aromatic heterocycles. The second-order valence-corrected chi connectivity index (χ2v) is 6.02. The first-order chi connectivity index (χ1) is 11.1. The maximum Gasteiger partial charge on any atom is 0.305 e. The molecule has 2 N–H and O–H groups in total. The van der Waals surface area contributed by atoms with Gasteiger partial charge in [0.05, 0.1) is 19.6 Å². The first kappa shape index (κ1) is 17.0. The van der Waals surface area contributed by atoms with E-state index < -0.39 is 12.0 Å². The van der Waals surface area contributed by atoms with Crippen LogP contribution >= 0.6 is 11.3 Å². The van der Waals surface area contributed by atoms with Gasteiger partial charge in [-0.1, -0.05) is 24.3 Å². The molecule has 1 heterocycles. The van der Waals surface area contributed by atoms with E-state index in [2.05, 4.69) is 5.32 Å². The van der Waals surface area contributed by atoms with E-state index in [1.807, 2.05) is 41.8 Å². The molecule has 1 atom stereocenters. The Bertz CT molecular complexity index is 654. The molecule has 0 spiro atoms. The number of ether oxygens (including phenoxy) is 1. The second kappa shape index (κ2) is 8.33. The molecule has 0 radical (unpaired) electrons. The van der Waals surface area contributed by atoms with Crippen LogP contribution in [0.5, 0.6) is 5.75 Å². The van der Waals surface area contributed by atoms with Crippen LogP contribution in [0.15, 0.2) is 41.8 Å². The normalized spacial score (nSPS) is 11.7. The monoisotopic (exact) mass is 333 g/mol. The number of para-hydroxylation sites is 1. The zero-order valence-electron chi connectivity index (χ0n) is 12.8. The number of carbonyl (C=O) groups excluding carboxylic acids is 1. The zero-order chi connectivity index (χ0) is 16.7. The van der Waals surface area contributed by atoms with E-state index in [9.17, 15) is 9.59 Å². The summed E-state index contributed by atoms with van der Waals surface area (Å²) < 4.78 is 5.26. The molecular weight excluding hydrogens is 314 g/mol. The molecule has 0 fully saturated rings. The average Bonchev–Trinajstić information content (AvgIpc) is 3.06. The van der Waals surface area contributed by atoms with Crippen LogP contribution < -0.4 is 10.1 Å². The molecular formula is C17H19NO4S. The third-order valence-corrected chi connectivity index (χ3v) is 4.40. The largest absolute Gasteiger partial charge is 0.496 e. The van der Waals surface area contributed by atoms with Gasteiger partial charge < -0.3 is 15.2 Å². The summed E-state index contributed by atoms with van der Waals surface area (Å²) >= 11 is 1.44. The Balaban J connectivity index is 1.95. The zero-order valence-corrected chi connectivity index (χ0v) is 13.6. The minimum Gasteiger partial charge on any atom is -0.496 e. The van der Waals surface area contributed by atoms with Crippen LogP contribution in [0.4, 0.5) is 0 Å². The first-order valence-electron chi connectivity index (χ1n) is 7.26. The van der Waals surface area contributed by atoms with Gasteiger partial charge in [0.1, 0.15) is 5.75 Å². The number of benzene rings is 1. The van der Waals surface area contributed by atoms with Gasteiger partial charge in [0.2, 0.25) is 5.91 Å². The number of carbonyl (C=O) groups is 2. The standard InChI is InChI=1S/C17H19NO4S/c1-22-14-6-3-2-5-12(14)8-9-16(19)18-13(11-17(20)21)15-7-4-10-23-15/h2-7,10,13H,8-9,11H2,1H3,(H,18,19)(H,20,21). The van der Waals surface area contributed by atoms with Crippen molar-refractivity contribution in [1.29, 1.82) is 0 Å². The van der Waals surface area contributed by atoms with E-state index in [1.165, 1.54) is 11.3 Å². The highest BCUT2D eigenvalue weighted by Gasteiger charge is 2.19. The van der Waals surface area contributed by atoms with Crippen LogP contribution in [-0.4, -0.2) is 24.1 Å². The van der Waals surface area contributed by atoms with Crippen LogP contribution in [0, 0.1) is 0 Å². The highest BCUT2D eigenvalue weighted by atomic mass is 32.1. The third kappa shape index (κ3) is 5.10. The first-order valence-corrected chi connectivity index (χ1v) is 8.14. The molecule has 0 aliphatic rings. The third-order valence-electron chi connectivity index (χ3n) is 3.41. The van der Waals surface area contributed by atoms with Crippen molar-refractivity contribution in [2.24, 2.45) is 0 Å². The summed E-state index contributed by atoms with van der Waals surface area (Å²) in [7, 11) is 1.60. The number of methoxy groups -OCH3 is 1. The van der Waals surface area contributed by atoms with Gasteiger partial charge in [-0.2, -0.15) is 0 Å². The Hall–Kier alpha value is -2.34. The average molecular weight is 333 g/mol. The molecule has 0 saturated heterocycles. The van der Waals surface area contributed by atoms with Crippen LogP contribution in [0.2, 0.25) is 0 Å². The van der Waals surface area contributed by atoms with Gasteiger partial charge in [0.25, 0.3) is 0 Å². The van der Waals surface area contributed by atoms with Crippen molar-refractivity contribution in [1.82, 2.24) is 5.32 Å². The van der Waals surface area contributed by atoms with Gasteiger partial charge in [-0.15, -0.1) is 11.3 Å². The number of nitrogens with one attached hydrogen (secondary N) is 1. The van der Waals surface area contributed by atoms with Gasteiger partial charge in [-0.05, 0) is 29.5 Å². The van der Waals surface area contributed by atoms with E-state index in [-0.39, 0.29) is 18.7 Å². The summed E-state index contributed by atoms with van der Waals surface area (Å²) in [6.45, 7) is 0. The van der Waals surface area contributed by atoms with Crippen LogP contribution in [0.3, 0.4) is 0 Å². The van der Waals surface area contributed by atoms with Gasteiger partial charge in [0.15, 0.2) is 0 Å². The summed E-state index contributed by atoms with van der Waals surface area (Å²) in [5, 5.41) is 13.7. The fraction of sp³-hybridized carbons (Fsp3) is 0.294. The van der Waals surface area contributed by atoms with Crippen LogP contribution in [0.25, 0.3) is 0 Å². The predicted octanol–water partition coefficient (Wildman–Crippen LogP) is 3.02. The molecule has 0 saturated carbocycles. The maximum absolute atomic E-state index is 12.2. The molecule has 2 aromatic rings. The van der Waals surface area contributed by atoms with E-state index in [0.29, 0.717) is 6.42 Å². The molecule has 5 nitrogen and oxygen atoms in total. The Labute approximate surface area is 138 Å². The number of carboxylic acids is 1. The Morgan fingerprint density at radius 1 is 1.26 bits per heavy atom. The molecule has 23 heavy (non-hydrogen) atoms. The molecule has 0 aliphatic heterocycles. The summed E-state index contributed by atoms with van der Waals surface area (Å²) in [4.78, 5) is 24.0. The molecule has 1 aromatic carbocycles. The summed E-state index contributed by atoms with van der Waals surface area (Å²) in [6.07, 6.45) is 0.697. The minimum atomic E-state index is -0.937. The summed E-state index contributed by atoms with van der Waals surface area (Å²) in [5.41, 5.74) is 0.955. The number of rotatable bonds is 8. The van der Waals surface area contributed by atoms with Crippen LogP contribution in [0.1, 0.15) is 29.3 Å². The van der Waals surface area contributed by atoms with E-state index >= 15 is 0 Å². The van der Waals surface area contributed by atoms with Crippen molar-refractivity contribution in [2.75, 3.05) is 7.11 Å². The van der Waals surface area contributed by atoms with Crippen molar-refractivity contribution < 1.29 is 19.4 Å². The lowest BCUT2D eigenvalue weighted by molar-refractivity contribution is -0.137. The number of hydrogen-bond acceptors (Lipinski definition) is 4. The van der Waals surface area contributed by atoms with Gasteiger partial charge in [0, 0.05) is 11.3 Å². The number of thiophene rings is 1. The van der Waals surface area contributed by atoms with Crippen molar-refractivity contribution in [3.63, 3.8) is 0 Å². The lowest BCUT2D eigenvalue weighted by Crippen LogP contribution is -2.29. The molecule has 2 rings (SSSR count). The van der Waals surface area contributed by atoms with E-state index in [0.717, 1.165) is 16.2 Å². The highest BCUT2D eigenvalue weighted by Crippen LogP contribution is 2.23. The summed E-state index contributed by atoms with van der Waals surface area (Å²) in [5.74, 6) is -0.357. The molecule has 0 aliphatic carbocycles. The molecule has 1 unspecified atom stereocenters. The Kier molecular flexibility index (Phi) is 6.17. The van der Waals surface area contributed by atoms with Crippen molar-refractivity contribution in [3.05, 3.63) is 52.2 Å². The quantitative estimate of drug-likeness (QED) is 0.778. The highest BCUT2D eigenvalue weighted by molar-refractivity contribution is 7.10. The number of aliphatic carboxylic acids is 1. The molecule has 6 heteroatoms. The predicted molar refractivity (Wildman–Crippen MR) is 88.8 cm³/mol. The smallest absolute Gasteiger partial charge is 0.305 e. The fourth-order valence-electron chi connectivity index (χ4n) is 2.31. The van der Waals surface area contributed by atoms with Gasteiger partial charge >= 0.3 is 5.97 Å². The molecule has 0 bridgehead atoms. The second-order valence-electron chi connectivity index (χ2n) is 5.05. The van der Waals surface area contributed by atoms with E-state index in [1.54, 1.807) is 7.11 Å². The van der Waals surface area contributed by atoms with Crippen LogP contribution in [-0.2, 0) is 16.0 Å². The fourth-order valence-corrected chi connectivity index (χ4v) is 3.09. The topological polar surface area (TPSA) is 75.6 Å². The van der Waals surface area contributed by atoms with Crippen molar-refractivity contribution in [3.8, 4) is 5.75 Å². The molecule has 122 valence electrons. The van der Waals surface area contributed by atoms with Gasteiger partial charge in [-0.3, -0.25) is 9.59 Å². The Morgan fingerprint density at radius 3 is 2.70 bits per heavy atom. The number of amides is 1. The number of hydrogen-bond donors (Lipinski definition) is 2. The number of carboxylic acid groups (broad SMARTS) is 1. The van der Waals surface area contributed by atoms with Crippen molar-refractivity contribution >= 4 is 23.2 Å². The van der Waals surface area contributed by atoms with Gasteiger partial charge in [-0.25, -0.2) is 0 Å². The lowest BCUT2D eigenvalue weighted by atomic mass is 10.1.